The molecular formula is C20H23N5O5. The van der Waals surface area contributed by atoms with Gasteiger partial charge in [0.25, 0.3) is 5.91 Å². The van der Waals surface area contributed by atoms with Gasteiger partial charge in [0.1, 0.15) is 6.04 Å². The van der Waals surface area contributed by atoms with Crippen molar-refractivity contribution in [2.75, 3.05) is 19.8 Å². The molecule has 0 aliphatic carbocycles. The predicted molar refractivity (Wildman–Crippen MR) is 104 cm³/mol. The second-order valence-electron chi connectivity index (χ2n) is 7.30. The van der Waals surface area contributed by atoms with Crippen molar-refractivity contribution in [3.8, 4) is 5.69 Å². The first-order valence-electron chi connectivity index (χ1n) is 9.95. The highest BCUT2D eigenvalue weighted by Crippen LogP contribution is 2.31. The number of hydrogen-bond donors (Lipinski definition) is 2. The number of fused-ring (bicyclic) bond motifs is 1. The number of aliphatic hydroxyl groups excluding tert-OH is 1. The first-order chi connectivity index (χ1) is 14.6. The molecule has 1 fully saturated rings. The SMILES string of the molecule is O=C1CCC(N2Cc3c(cccc3-n3cc(CCCOCCO)nn3)C2=O)C(=O)N1. The molecule has 2 N–H and O–H groups in total. The minimum Gasteiger partial charge on any atom is -0.394 e. The molecule has 1 unspecified atom stereocenters. The lowest BCUT2D eigenvalue weighted by Gasteiger charge is -2.29. The Bertz CT molecular complexity index is 972. The van der Waals surface area contributed by atoms with Crippen LogP contribution in [0, 0.1) is 0 Å². The maximum Gasteiger partial charge on any atom is 0.255 e. The summed E-state index contributed by atoms with van der Waals surface area (Å²) in [6.07, 6.45) is 3.80. The maximum absolute atomic E-state index is 12.9. The number of rotatable bonds is 8. The van der Waals surface area contributed by atoms with E-state index in [9.17, 15) is 14.4 Å². The number of nitrogens with zero attached hydrogens (tertiary/aromatic N) is 4. The van der Waals surface area contributed by atoms with Crippen molar-refractivity contribution in [3.05, 3.63) is 41.2 Å². The van der Waals surface area contributed by atoms with E-state index in [1.807, 2.05) is 12.3 Å². The molecule has 3 heterocycles. The minimum atomic E-state index is -0.652. The summed E-state index contributed by atoms with van der Waals surface area (Å²) >= 11 is 0. The summed E-state index contributed by atoms with van der Waals surface area (Å²) in [5.41, 5.74) is 2.86. The molecule has 0 saturated carbocycles. The van der Waals surface area contributed by atoms with Gasteiger partial charge in [-0.2, -0.15) is 0 Å². The summed E-state index contributed by atoms with van der Waals surface area (Å²) in [6, 6.07) is 4.73. The summed E-state index contributed by atoms with van der Waals surface area (Å²) in [6.45, 7) is 1.13. The van der Waals surface area contributed by atoms with E-state index in [2.05, 4.69) is 15.6 Å². The number of hydrogen-bond acceptors (Lipinski definition) is 7. The molecule has 0 bridgehead atoms. The fraction of sp³-hybridized carbons (Fsp3) is 0.450. The third-order valence-corrected chi connectivity index (χ3v) is 5.30. The van der Waals surface area contributed by atoms with Gasteiger partial charge in [0.2, 0.25) is 11.8 Å². The average Bonchev–Trinajstić information content (AvgIpc) is 3.33. The predicted octanol–water partition coefficient (Wildman–Crippen LogP) is -0.0302. The molecule has 10 heteroatoms. The van der Waals surface area contributed by atoms with Crippen LogP contribution in [-0.4, -0.2) is 68.6 Å². The topological polar surface area (TPSA) is 127 Å². The molecule has 2 aliphatic rings. The largest absolute Gasteiger partial charge is 0.394 e. The number of carbonyl (C=O) groups excluding carboxylic acids is 3. The second kappa shape index (κ2) is 8.72. The van der Waals surface area contributed by atoms with Crippen LogP contribution >= 0.6 is 0 Å². The summed E-state index contributed by atoms with van der Waals surface area (Å²) < 4.78 is 6.89. The fourth-order valence-corrected chi connectivity index (χ4v) is 3.84. The van der Waals surface area contributed by atoms with E-state index < -0.39 is 11.9 Å². The van der Waals surface area contributed by atoms with Crippen LogP contribution in [0.15, 0.2) is 24.4 Å². The molecule has 1 aromatic carbocycles. The highest BCUT2D eigenvalue weighted by atomic mass is 16.5. The number of piperidine rings is 1. The van der Waals surface area contributed by atoms with Crippen molar-refractivity contribution >= 4 is 17.7 Å². The van der Waals surface area contributed by atoms with Gasteiger partial charge in [-0.25, -0.2) is 4.68 Å². The highest BCUT2D eigenvalue weighted by Gasteiger charge is 2.40. The third-order valence-electron chi connectivity index (χ3n) is 5.30. The first kappa shape index (κ1) is 20.2. The molecule has 0 radical (unpaired) electrons. The molecule has 3 amide bonds. The van der Waals surface area contributed by atoms with E-state index in [0.29, 0.717) is 31.6 Å². The number of ether oxygens (including phenoxy) is 1. The third kappa shape index (κ3) is 3.96. The van der Waals surface area contributed by atoms with Crippen LogP contribution in [0.5, 0.6) is 0 Å². The van der Waals surface area contributed by atoms with Crippen LogP contribution < -0.4 is 5.32 Å². The van der Waals surface area contributed by atoms with Crippen LogP contribution in [0.3, 0.4) is 0 Å². The smallest absolute Gasteiger partial charge is 0.255 e. The van der Waals surface area contributed by atoms with Crippen LogP contribution in [-0.2, 0) is 27.3 Å². The molecule has 10 nitrogen and oxygen atoms in total. The lowest BCUT2D eigenvalue weighted by atomic mass is 10.0. The van der Waals surface area contributed by atoms with Crippen molar-refractivity contribution < 1.29 is 24.2 Å². The zero-order chi connectivity index (χ0) is 21.1. The number of benzene rings is 1. The van der Waals surface area contributed by atoms with Crippen molar-refractivity contribution in [3.63, 3.8) is 0 Å². The molecule has 1 aromatic heterocycles. The van der Waals surface area contributed by atoms with Gasteiger partial charge in [0.15, 0.2) is 0 Å². The Kier molecular flexibility index (Phi) is 5.86. The number of carbonyl (C=O) groups is 3. The van der Waals surface area contributed by atoms with Crippen LogP contribution in [0.4, 0.5) is 0 Å². The highest BCUT2D eigenvalue weighted by molar-refractivity contribution is 6.05. The molecule has 0 spiro atoms. The van der Waals surface area contributed by atoms with Gasteiger partial charge in [-0.05, 0) is 31.4 Å². The Balaban J connectivity index is 1.49. The lowest BCUT2D eigenvalue weighted by Crippen LogP contribution is -2.52. The molecule has 4 rings (SSSR count). The van der Waals surface area contributed by atoms with Gasteiger partial charge in [0.05, 0.1) is 30.8 Å². The molecule has 1 saturated heterocycles. The fourth-order valence-electron chi connectivity index (χ4n) is 3.84. The first-order valence-corrected chi connectivity index (χ1v) is 9.95. The van der Waals surface area contributed by atoms with Crippen molar-refractivity contribution in [2.24, 2.45) is 0 Å². The zero-order valence-corrected chi connectivity index (χ0v) is 16.4. The van der Waals surface area contributed by atoms with Crippen LogP contribution in [0.1, 0.15) is 40.9 Å². The van der Waals surface area contributed by atoms with Gasteiger partial charge in [-0.3, -0.25) is 19.7 Å². The number of aliphatic hydroxyl groups is 1. The second-order valence-corrected chi connectivity index (χ2v) is 7.30. The van der Waals surface area contributed by atoms with Crippen molar-refractivity contribution in [1.29, 1.82) is 0 Å². The Morgan fingerprint density at radius 3 is 2.90 bits per heavy atom. The Hall–Kier alpha value is -3.11. The summed E-state index contributed by atoms with van der Waals surface area (Å²) in [4.78, 5) is 38.1. The van der Waals surface area contributed by atoms with E-state index in [4.69, 9.17) is 9.84 Å². The zero-order valence-electron chi connectivity index (χ0n) is 16.4. The van der Waals surface area contributed by atoms with Crippen molar-refractivity contribution in [1.82, 2.24) is 25.2 Å². The lowest BCUT2D eigenvalue weighted by molar-refractivity contribution is -0.136. The normalized spacial score (nSPS) is 18.6. The monoisotopic (exact) mass is 413 g/mol. The Morgan fingerprint density at radius 2 is 2.10 bits per heavy atom. The number of aryl methyl sites for hydroxylation is 1. The Morgan fingerprint density at radius 1 is 1.23 bits per heavy atom. The van der Waals surface area contributed by atoms with Gasteiger partial charge >= 0.3 is 0 Å². The number of amides is 3. The molecule has 30 heavy (non-hydrogen) atoms. The molecular weight excluding hydrogens is 390 g/mol. The van der Waals surface area contributed by atoms with E-state index in [-0.39, 0.29) is 31.4 Å². The molecule has 158 valence electrons. The number of imide groups is 1. The van der Waals surface area contributed by atoms with Gasteiger partial charge in [-0.15, -0.1) is 5.10 Å². The summed E-state index contributed by atoms with van der Waals surface area (Å²) in [5, 5.41) is 19.4. The van der Waals surface area contributed by atoms with Crippen LogP contribution in [0.2, 0.25) is 0 Å². The molecule has 2 aliphatic heterocycles. The maximum atomic E-state index is 12.9. The van der Waals surface area contributed by atoms with Gasteiger partial charge < -0.3 is 14.7 Å². The quantitative estimate of drug-likeness (QED) is 0.460. The summed E-state index contributed by atoms with van der Waals surface area (Å²) in [5.74, 6) is -0.957. The van der Waals surface area contributed by atoms with E-state index >= 15 is 0 Å². The number of aromatic nitrogens is 3. The average molecular weight is 413 g/mol. The van der Waals surface area contributed by atoms with E-state index in [0.717, 1.165) is 23.4 Å². The standard InChI is InChI=1S/C20H23N5O5/c26-8-10-30-9-2-3-13-11-25(23-22-13)16-5-1-4-14-15(16)12-24(20(14)29)17-6-7-18(27)21-19(17)28/h1,4-5,11,17,26H,2-3,6-10,12H2,(H,21,27,28). The Labute approximate surface area is 172 Å². The minimum absolute atomic E-state index is 0.00383. The molecule has 2 aromatic rings. The molecule has 1 atom stereocenters. The van der Waals surface area contributed by atoms with Gasteiger partial charge in [0, 0.05) is 30.7 Å². The van der Waals surface area contributed by atoms with Crippen LogP contribution in [0.25, 0.3) is 5.69 Å². The van der Waals surface area contributed by atoms with Crippen molar-refractivity contribution in [2.45, 2.75) is 38.3 Å². The van der Waals surface area contributed by atoms with Gasteiger partial charge in [-0.1, -0.05) is 11.3 Å². The summed E-state index contributed by atoms with van der Waals surface area (Å²) in [7, 11) is 0. The van der Waals surface area contributed by atoms with E-state index in [1.165, 1.54) is 4.90 Å². The number of nitrogens with one attached hydrogen (secondary N) is 1. The van der Waals surface area contributed by atoms with E-state index in [1.54, 1.807) is 16.8 Å².